The van der Waals surface area contributed by atoms with Crippen molar-refractivity contribution in [3.8, 4) is 11.8 Å². The number of hydrogen-bond donors (Lipinski definition) is 2. The molecule has 2 aromatic carbocycles. The highest BCUT2D eigenvalue weighted by Crippen LogP contribution is 2.43. The van der Waals surface area contributed by atoms with Gasteiger partial charge in [-0.15, -0.1) is 10.2 Å². The molecule has 6 heterocycles. The highest BCUT2D eigenvalue weighted by atomic mass is 35.5. The largest absolute Gasteiger partial charge is 0.490 e. The van der Waals surface area contributed by atoms with Gasteiger partial charge in [-0.3, -0.25) is 34.2 Å². The summed E-state index contributed by atoms with van der Waals surface area (Å²) in [6.45, 7) is 5.78. The lowest BCUT2D eigenvalue weighted by Crippen LogP contribution is -2.59. The molecule has 1 aliphatic carbocycles. The van der Waals surface area contributed by atoms with Crippen LogP contribution in [0.3, 0.4) is 0 Å². The van der Waals surface area contributed by atoms with Crippen LogP contribution >= 0.6 is 11.6 Å². The average molecular weight is 838 g/mol. The maximum Gasteiger partial charge on any atom is 0.272 e. The Kier molecular flexibility index (Phi) is 10.7. The number of nitrogens with one attached hydrogen (secondary N) is 2. The Morgan fingerprint density at radius 3 is 2.35 bits per heavy atom. The van der Waals surface area contributed by atoms with E-state index in [1.807, 2.05) is 17.0 Å². The van der Waals surface area contributed by atoms with Crippen molar-refractivity contribution in [2.24, 2.45) is 11.3 Å². The third-order valence-corrected chi connectivity index (χ3v) is 13.4. The Bertz CT molecular complexity index is 2280. The molecule has 1 atom stereocenters. The number of ether oxygens (including phenoxy) is 1. The molecule has 1 spiro atoms. The van der Waals surface area contributed by atoms with E-state index in [-0.39, 0.29) is 58.8 Å². The first-order valence-electron chi connectivity index (χ1n) is 20.7. The van der Waals surface area contributed by atoms with Crippen molar-refractivity contribution in [3.63, 3.8) is 0 Å². The van der Waals surface area contributed by atoms with Gasteiger partial charge < -0.3 is 24.8 Å². The number of fused-ring (bicyclic) bond motifs is 1. The fraction of sp³-hybridized carbons (Fsp3) is 0.488. The normalized spacial score (nSPS) is 24.3. The van der Waals surface area contributed by atoms with Crippen molar-refractivity contribution in [2.75, 3.05) is 55.6 Å². The summed E-state index contributed by atoms with van der Waals surface area (Å²) in [6.07, 6.45) is 6.09. The summed E-state index contributed by atoms with van der Waals surface area (Å²) in [4.78, 5) is 71.1. The predicted molar refractivity (Wildman–Crippen MR) is 216 cm³/mol. The number of nitriles is 1. The topological polar surface area (TPSA) is 181 Å². The molecule has 17 heteroatoms. The van der Waals surface area contributed by atoms with Gasteiger partial charge in [-0.2, -0.15) is 5.26 Å². The number of amides is 5. The molecule has 312 valence electrons. The van der Waals surface area contributed by atoms with Crippen LogP contribution in [0, 0.1) is 28.5 Å². The lowest BCUT2D eigenvalue weighted by atomic mass is 9.78. The molecule has 1 aromatic heterocycles. The van der Waals surface area contributed by atoms with Crippen LogP contribution in [0.25, 0.3) is 0 Å². The first-order valence-corrected chi connectivity index (χ1v) is 21.1. The molecule has 5 aliphatic heterocycles. The maximum atomic E-state index is 15.5. The van der Waals surface area contributed by atoms with Crippen molar-refractivity contribution in [1.82, 2.24) is 30.6 Å². The molecule has 5 amide bonds. The summed E-state index contributed by atoms with van der Waals surface area (Å²) in [5, 5.41) is 23.4. The third kappa shape index (κ3) is 7.76. The number of hydrogen-bond acceptors (Lipinski definition) is 12. The van der Waals surface area contributed by atoms with Gasteiger partial charge in [0, 0.05) is 69.8 Å². The number of anilines is 2. The molecule has 4 saturated heterocycles. The summed E-state index contributed by atoms with van der Waals surface area (Å²) in [6, 6.07) is 12.2. The van der Waals surface area contributed by atoms with E-state index in [0.717, 1.165) is 94.5 Å². The van der Waals surface area contributed by atoms with Crippen LogP contribution in [0.4, 0.5) is 15.9 Å². The number of rotatable bonds is 9. The quantitative estimate of drug-likeness (QED) is 0.295. The molecule has 15 nitrogen and oxygen atoms in total. The van der Waals surface area contributed by atoms with Crippen molar-refractivity contribution in [1.29, 1.82) is 5.26 Å². The van der Waals surface area contributed by atoms with Gasteiger partial charge in [-0.05, 0) is 93.7 Å². The highest BCUT2D eigenvalue weighted by Gasteiger charge is 2.50. The van der Waals surface area contributed by atoms with E-state index < -0.39 is 35.5 Å². The van der Waals surface area contributed by atoms with Gasteiger partial charge >= 0.3 is 0 Å². The van der Waals surface area contributed by atoms with E-state index in [9.17, 15) is 24.0 Å². The van der Waals surface area contributed by atoms with Crippen molar-refractivity contribution >= 4 is 52.6 Å². The summed E-state index contributed by atoms with van der Waals surface area (Å²) >= 11 is 6.14. The van der Waals surface area contributed by atoms with Crippen molar-refractivity contribution < 1.29 is 33.1 Å². The minimum Gasteiger partial charge on any atom is -0.490 e. The first kappa shape index (κ1) is 39.8. The Labute approximate surface area is 351 Å². The summed E-state index contributed by atoms with van der Waals surface area (Å²) in [5.74, 6) is -1.40. The Hall–Kier alpha value is -5.66. The molecule has 6 aliphatic rings. The number of nitrogens with zero attached hydrogens (tertiary/aromatic N) is 7. The van der Waals surface area contributed by atoms with Gasteiger partial charge in [0.05, 0.1) is 33.5 Å². The van der Waals surface area contributed by atoms with E-state index >= 15 is 4.39 Å². The summed E-state index contributed by atoms with van der Waals surface area (Å²) in [5.41, 5.74) is 1.05. The smallest absolute Gasteiger partial charge is 0.272 e. The zero-order valence-electron chi connectivity index (χ0n) is 33.0. The van der Waals surface area contributed by atoms with Crippen LogP contribution in [-0.4, -0.2) is 114 Å². The van der Waals surface area contributed by atoms with Gasteiger partial charge in [0.1, 0.15) is 23.7 Å². The Balaban J connectivity index is 0.705. The van der Waals surface area contributed by atoms with Crippen molar-refractivity contribution in [3.05, 3.63) is 75.7 Å². The molecular formula is C43H45ClFN9O6. The molecule has 60 heavy (non-hydrogen) atoms. The van der Waals surface area contributed by atoms with Crippen LogP contribution in [0.1, 0.15) is 94.6 Å². The van der Waals surface area contributed by atoms with Crippen LogP contribution in [0.2, 0.25) is 5.02 Å². The second kappa shape index (κ2) is 16.1. The van der Waals surface area contributed by atoms with E-state index in [0.29, 0.717) is 35.3 Å². The second-order valence-corrected chi connectivity index (χ2v) is 17.6. The number of likely N-dealkylation sites (tertiary alicyclic amines) is 1. The van der Waals surface area contributed by atoms with E-state index in [1.54, 1.807) is 24.3 Å². The Morgan fingerprint density at radius 1 is 0.917 bits per heavy atom. The zero-order valence-corrected chi connectivity index (χ0v) is 33.8. The van der Waals surface area contributed by atoms with Gasteiger partial charge in [0.15, 0.2) is 11.5 Å². The van der Waals surface area contributed by atoms with Gasteiger partial charge in [0.25, 0.3) is 17.7 Å². The predicted octanol–water partition coefficient (Wildman–Crippen LogP) is 4.09. The summed E-state index contributed by atoms with van der Waals surface area (Å²) in [7, 11) is 0. The van der Waals surface area contributed by atoms with Gasteiger partial charge in [-0.25, -0.2) is 4.39 Å². The lowest BCUT2D eigenvalue weighted by molar-refractivity contribution is -0.136. The number of carbonyl (C=O) groups is 5. The van der Waals surface area contributed by atoms with Crippen LogP contribution in [-0.2, 0) is 9.59 Å². The highest BCUT2D eigenvalue weighted by molar-refractivity contribution is 6.31. The molecule has 9 rings (SSSR count). The third-order valence-electron chi connectivity index (χ3n) is 13.1. The minimum atomic E-state index is -1.10. The molecule has 2 N–H and O–H groups in total. The number of piperidine rings is 2. The number of benzene rings is 2. The maximum absolute atomic E-state index is 15.5. The number of aromatic nitrogens is 2. The van der Waals surface area contributed by atoms with E-state index in [2.05, 4.69) is 30.6 Å². The van der Waals surface area contributed by atoms with Crippen LogP contribution in [0.5, 0.6) is 5.75 Å². The van der Waals surface area contributed by atoms with Crippen molar-refractivity contribution in [2.45, 2.75) is 76.0 Å². The Morgan fingerprint density at radius 2 is 1.67 bits per heavy atom. The number of halogens is 2. The molecule has 1 saturated carbocycles. The number of imide groups is 2. The molecule has 1 unspecified atom stereocenters. The standard InChI is InChI=1S/C43H45ClFN9O6/c44-32-17-29(4-1-26(32)20-46)60-28-5-2-27(3-6-28)47-39(56)34-7-9-37(50-49-34)52-14-11-25(12-15-52)21-51-22-43(23-51)13-16-53(24-43)36-19-31-30(18-33(36)45)41(58)54(42(31)59)35-8-10-38(55)48-40(35)57/h1,4,7,9,17-19,25,27-28,35H,2-3,5-6,8,10-16,21-24H2,(H,47,56)(H,48,55,57). The second-order valence-electron chi connectivity index (χ2n) is 17.2. The van der Waals surface area contributed by atoms with Gasteiger partial charge in [-0.1, -0.05) is 11.6 Å². The zero-order chi connectivity index (χ0) is 41.7. The molecule has 0 radical (unpaired) electrons. The number of carbonyl (C=O) groups excluding carboxylic acids is 5. The first-order chi connectivity index (χ1) is 29.0. The summed E-state index contributed by atoms with van der Waals surface area (Å²) < 4.78 is 21.6. The molecule has 3 aromatic rings. The molecule has 5 fully saturated rings. The molecule has 0 bridgehead atoms. The monoisotopic (exact) mass is 837 g/mol. The van der Waals surface area contributed by atoms with Crippen LogP contribution in [0.15, 0.2) is 42.5 Å². The minimum absolute atomic E-state index is 0.00993. The van der Waals surface area contributed by atoms with E-state index in [4.69, 9.17) is 21.6 Å². The average Bonchev–Trinajstić information content (AvgIpc) is 3.77. The molecular weight excluding hydrogens is 793 g/mol. The lowest BCUT2D eigenvalue weighted by Gasteiger charge is -2.50. The fourth-order valence-electron chi connectivity index (χ4n) is 9.91. The fourth-order valence-corrected chi connectivity index (χ4v) is 10.1. The SMILES string of the molecule is N#Cc1ccc(OC2CCC(NC(=O)c3ccc(N4CCC(CN5CC6(CCN(c7cc8c(cc7F)C(=O)N(C7CCC(=O)NC7=O)C8=O)C6)C5)CC4)nn3)CC2)cc1Cl. The van der Waals surface area contributed by atoms with Gasteiger partial charge in [0.2, 0.25) is 11.8 Å². The van der Waals surface area contributed by atoms with Crippen LogP contribution < -0.4 is 25.2 Å². The van der Waals surface area contributed by atoms with E-state index in [1.165, 1.54) is 6.07 Å².